The van der Waals surface area contributed by atoms with Gasteiger partial charge in [-0.25, -0.2) is 9.78 Å². The maximum absolute atomic E-state index is 13.3. The van der Waals surface area contributed by atoms with Crippen molar-refractivity contribution < 1.29 is 23.8 Å². The molecular weight excluding hydrogens is 548 g/mol. The highest BCUT2D eigenvalue weighted by Gasteiger charge is 2.28. The van der Waals surface area contributed by atoms with Gasteiger partial charge in [-0.05, 0) is 42.9 Å². The number of nitrogens with one attached hydrogen (secondary N) is 2. The predicted octanol–water partition coefficient (Wildman–Crippen LogP) is 4.43. The van der Waals surface area contributed by atoms with Crippen molar-refractivity contribution in [1.29, 1.82) is 0 Å². The summed E-state index contributed by atoms with van der Waals surface area (Å²) in [5.74, 6) is 0.836. The number of nitrogens with zero attached hydrogens (tertiary/aromatic N) is 2. The molecule has 0 radical (unpaired) electrons. The second-order valence-corrected chi connectivity index (χ2v) is 10.6. The quantitative estimate of drug-likeness (QED) is 0.250. The second kappa shape index (κ2) is 14.4. The van der Waals surface area contributed by atoms with Gasteiger partial charge in [0.25, 0.3) is 5.56 Å². The summed E-state index contributed by atoms with van der Waals surface area (Å²) in [7, 11) is 1.56. The minimum Gasteiger partial charge on any atom is -0.493 e. The van der Waals surface area contributed by atoms with Crippen LogP contribution >= 0.6 is 0 Å². The van der Waals surface area contributed by atoms with E-state index < -0.39 is 6.09 Å². The van der Waals surface area contributed by atoms with Crippen LogP contribution in [0.2, 0.25) is 0 Å². The molecule has 1 saturated carbocycles. The lowest BCUT2D eigenvalue weighted by Gasteiger charge is -2.28. The minimum absolute atomic E-state index is 0.0359. The van der Waals surface area contributed by atoms with Crippen molar-refractivity contribution in [3.8, 4) is 11.5 Å². The van der Waals surface area contributed by atoms with Crippen LogP contribution in [-0.4, -0.2) is 47.9 Å². The van der Waals surface area contributed by atoms with Gasteiger partial charge in [-0.15, -0.1) is 0 Å². The lowest BCUT2D eigenvalue weighted by molar-refractivity contribution is -0.126. The first-order chi connectivity index (χ1) is 21.0. The monoisotopic (exact) mass is 584 g/mol. The smallest absolute Gasteiger partial charge is 0.407 e. The zero-order valence-electron chi connectivity index (χ0n) is 24.2. The fraction of sp³-hybridized carbons (Fsp3) is 0.333. The number of methoxy groups -OCH3 is 1. The number of carbonyl (C=O) groups excluding carboxylic acids is 2. The third-order valence-electron chi connectivity index (χ3n) is 7.55. The minimum atomic E-state index is -0.522. The Labute approximate surface area is 250 Å². The SMILES string of the molecule is COc1cc2ncn(Cc3ccccc3)c(=O)c2cc1O[C@H]1CC[C@H](C(=O)NCCNC(=O)OCc2ccccc2)CC1. The lowest BCUT2D eigenvalue weighted by Crippen LogP contribution is -2.39. The largest absolute Gasteiger partial charge is 0.493 e. The number of amides is 2. The molecule has 224 valence electrons. The average molecular weight is 585 g/mol. The zero-order chi connectivity index (χ0) is 30.0. The molecule has 0 saturated heterocycles. The van der Waals surface area contributed by atoms with Crippen molar-refractivity contribution >= 4 is 22.9 Å². The highest BCUT2D eigenvalue weighted by atomic mass is 16.5. The second-order valence-electron chi connectivity index (χ2n) is 10.6. The molecular formula is C33H36N4O6. The van der Waals surface area contributed by atoms with E-state index in [9.17, 15) is 14.4 Å². The maximum Gasteiger partial charge on any atom is 0.407 e. The van der Waals surface area contributed by atoms with Crippen LogP contribution in [0.3, 0.4) is 0 Å². The molecule has 0 atom stereocenters. The summed E-state index contributed by atoms with van der Waals surface area (Å²) in [4.78, 5) is 42.4. The normalized spacial score (nSPS) is 16.3. The average Bonchev–Trinajstić information content (AvgIpc) is 3.04. The summed E-state index contributed by atoms with van der Waals surface area (Å²) in [5, 5.41) is 6.01. The molecule has 10 nitrogen and oxygen atoms in total. The van der Waals surface area contributed by atoms with Gasteiger partial charge in [-0.2, -0.15) is 0 Å². The van der Waals surface area contributed by atoms with Crippen LogP contribution in [0.15, 0.2) is 83.9 Å². The Hall–Kier alpha value is -4.86. The Bertz CT molecular complexity index is 1580. The molecule has 4 aromatic rings. The molecule has 0 aliphatic heterocycles. The van der Waals surface area contributed by atoms with E-state index in [1.165, 1.54) is 0 Å². The topological polar surface area (TPSA) is 121 Å². The van der Waals surface area contributed by atoms with E-state index in [-0.39, 0.29) is 36.6 Å². The molecule has 0 bridgehead atoms. The predicted molar refractivity (Wildman–Crippen MR) is 162 cm³/mol. The zero-order valence-corrected chi connectivity index (χ0v) is 24.2. The highest BCUT2D eigenvalue weighted by Crippen LogP contribution is 2.34. The number of fused-ring (bicyclic) bond motifs is 1. The molecule has 43 heavy (non-hydrogen) atoms. The first-order valence-electron chi connectivity index (χ1n) is 14.5. The van der Waals surface area contributed by atoms with Gasteiger partial charge in [0.2, 0.25) is 5.91 Å². The van der Waals surface area contributed by atoms with Gasteiger partial charge in [0.05, 0.1) is 37.0 Å². The van der Waals surface area contributed by atoms with Crippen molar-refractivity contribution in [2.75, 3.05) is 20.2 Å². The molecule has 1 aliphatic carbocycles. The first kappa shape index (κ1) is 29.6. The van der Waals surface area contributed by atoms with Crippen LogP contribution in [0, 0.1) is 5.92 Å². The number of alkyl carbamates (subject to hydrolysis) is 1. The summed E-state index contributed by atoms with van der Waals surface area (Å²) in [6.45, 7) is 1.21. The summed E-state index contributed by atoms with van der Waals surface area (Å²) in [5.41, 5.74) is 2.30. The van der Waals surface area contributed by atoms with Crippen LogP contribution in [0.4, 0.5) is 4.79 Å². The van der Waals surface area contributed by atoms with Crippen molar-refractivity contribution in [2.24, 2.45) is 5.92 Å². The van der Waals surface area contributed by atoms with Crippen LogP contribution < -0.4 is 25.7 Å². The van der Waals surface area contributed by atoms with Gasteiger partial charge in [0.15, 0.2) is 11.5 Å². The van der Waals surface area contributed by atoms with Gasteiger partial charge in [-0.1, -0.05) is 60.7 Å². The van der Waals surface area contributed by atoms with E-state index in [1.807, 2.05) is 60.7 Å². The number of aromatic nitrogens is 2. The molecule has 1 heterocycles. The summed E-state index contributed by atoms with van der Waals surface area (Å²) < 4.78 is 18.6. The molecule has 0 unspecified atom stereocenters. The summed E-state index contributed by atoms with van der Waals surface area (Å²) in [6.07, 6.45) is 3.64. The number of rotatable bonds is 11. The number of ether oxygens (including phenoxy) is 3. The first-order valence-corrected chi connectivity index (χ1v) is 14.5. The number of benzene rings is 3. The van der Waals surface area contributed by atoms with E-state index in [2.05, 4.69) is 15.6 Å². The van der Waals surface area contributed by atoms with Gasteiger partial charge in [0.1, 0.15) is 6.61 Å². The van der Waals surface area contributed by atoms with Crippen LogP contribution in [0.25, 0.3) is 10.9 Å². The summed E-state index contributed by atoms with van der Waals surface area (Å²) in [6, 6.07) is 22.6. The molecule has 0 spiro atoms. The Morgan fingerprint density at radius 3 is 2.26 bits per heavy atom. The van der Waals surface area contributed by atoms with E-state index in [0.717, 1.165) is 11.1 Å². The van der Waals surface area contributed by atoms with Crippen LogP contribution in [0.5, 0.6) is 11.5 Å². The van der Waals surface area contributed by atoms with Crippen LogP contribution in [-0.2, 0) is 22.7 Å². The Kier molecular flexibility index (Phi) is 9.89. The number of hydrogen-bond donors (Lipinski definition) is 2. The van der Waals surface area contributed by atoms with Crippen molar-refractivity contribution in [2.45, 2.75) is 44.9 Å². The van der Waals surface area contributed by atoms with Gasteiger partial charge < -0.3 is 24.8 Å². The molecule has 2 amide bonds. The molecule has 1 fully saturated rings. The highest BCUT2D eigenvalue weighted by molar-refractivity contribution is 5.82. The Balaban J connectivity index is 1.10. The van der Waals surface area contributed by atoms with Crippen molar-refractivity contribution in [3.63, 3.8) is 0 Å². The van der Waals surface area contributed by atoms with Crippen molar-refractivity contribution in [3.05, 3.63) is 101 Å². The van der Waals surface area contributed by atoms with E-state index in [0.29, 0.717) is 61.2 Å². The van der Waals surface area contributed by atoms with E-state index in [1.54, 1.807) is 30.1 Å². The van der Waals surface area contributed by atoms with Gasteiger partial charge in [0, 0.05) is 25.1 Å². The van der Waals surface area contributed by atoms with Gasteiger partial charge >= 0.3 is 6.09 Å². The Morgan fingerprint density at radius 2 is 1.56 bits per heavy atom. The molecule has 1 aliphatic rings. The van der Waals surface area contributed by atoms with Crippen molar-refractivity contribution in [1.82, 2.24) is 20.2 Å². The maximum atomic E-state index is 13.3. The third kappa shape index (κ3) is 7.91. The lowest BCUT2D eigenvalue weighted by atomic mass is 9.86. The molecule has 10 heteroatoms. The van der Waals surface area contributed by atoms with E-state index in [4.69, 9.17) is 14.2 Å². The molecule has 3 aromatic carbocycles. The fourth-order valence-electron chi connectivity index (χ4n) is 5.20. The number of hydrogen-bond acceptors (Lipinski definition) is 7. The fourth-order valence-corrected chi connectivity index (χ4v) is 5.20. The summed E-state index contributed by atoms with van der Waals surface area (Å²) >= 11 is 0. The van der Waals surface area contributed by atoms with Gasteiger partial charge in [-0.3, -0.25) is 14.2 Å². The standard InChI is InChI=1S/C33H36N4O6/c1-41-29-19-28-27(32(39)37(22-36-28)20-23-8-4-2-5-9-23)18-30(29)43-26-14-12-25(13-15-26)31(38)34-16-17-35-33(40)42-21-24-10-6-3-7-11-24/h2-11,18-19,22,25-26H,12-17,20-21H2,1H3,(H,34,38)(H,35,40)/t25-,26-. The Morgan fingerprint density at radius 1 is 0.884 bits per heavy atom. The third-order valence-corrected chi connectivity index (χ3v) is 7.55. The van der Waals surface area contributed by atoms with Crippen LogP contribution in [0.1, 0.15) is 36.8 Å². The molecule has 5 rings (SSSR count). The molecule has 1 aromatic heterocycles. The number of carbonyl (C=O) groups is 2. The molecule has 2 N–H and O–H groups in total. The van der Waals surface area contributed by atoms with E-state index >= 15 is 0 Å².